The molecular formula is C21H21ClFN4O+. The molecular weight excluding hydrogens is 379 g/mol. The average molecular weight is 400 g/mol. The van der Waals surface area contributed by atoms with Crippen LogP contribution >= 0.6 is 11.6 Å². The molecule has 28 heavy (non-hydrogen) atoms. The van der Waals surface area contributed by atoms with E-state index in [0.29, 0.717) is 40.5 Å². The van der Waals surface area contributed by atoms with E-state index in [9.17, 15) is 9.50 Å². The number of phenols is 1. The lowest BCUT2D eigenvalue weighted by Crippen LogP contribution is -2.73. The summed E-state index contributed by atoms with van der Waals surface area (Å²) in [7, 11) is 1.87. The molecule has 0 radical (unpaired) electrons. The first-order chi connectivity index (χ1) is 13.4. The number of hydrogen-bond acceptors (Lipinski definition) is 4. The van der Waals surface area contributed by atoms with Crippen LogP contribution in [0.4, 0.5) is 10.1 Å². The molecule has 2 aromatic carbocycles. The molecule has 0 amide bonds. The molecule has 0 fully saturated rings. The topological polar surface area (TPSA) is 86.5 Å². The standard InChI is InChI=1S/C21H20ClFN4O/c1-3-4-16(24)19-20(25-2)18(13-7-10-17(28)15(22)11-13)26-21(27-19)12-5-8-14(23)9-6-12/h5-11,24-25,28H,3-4H2,1-2H3/p+1. The number of quaternary nitrogens is 1. The molecule has 7 heteroatoms. The fraction of sp³-hybridized carbons (Fsp3) is 0.190. The SMILES string of the molecule is CCCC(=N)c1nc(-c2ccc(F)cc2)nc(-c2ccc(O)c(Cl)c2)c1[NH2+]C. The molecule has 1 aromatic heterocycles. The summed E-state index contributed by atoms with van der Waals surface area (Å²) in [5.74, 6) is 0.0478. The smallest absolute Gasteiger partial charge is 0.183 e. The lowest BCUT2D eigenvalue weighted by molar-refractivity contribution is -0.539. The number of nitrogens with two attached hydrogens (primary N) is 1. The second kappa shape index (κ2) is 8.46. The fourth-order valence-electron chi connectivity index (χ4n) is 2.94. The Labute approximate surface area is 167 Å². The first kappa shape index (κ1) is 19.9. The Morgan fingerprint density at radius 2 is 1.82 bits per heavy atom. The highest BCUT2D eigenvalue weighted by atomic mass is 35.5. The van der Waals surface area contributed by atoms with Crippen LogP contribution in [-0.2, 0) is 0 Å². The summed E-state index contributed by atoms with van der Waals surface area (Å²) in [6.45, 7) is 2.01. The third-order valence-corrected chi connectivity index (χ3v) is 4.65. The Kier molecular flexibility index (Phi) is 6.02. The van der Waals surface area contributed by atoms with Gasteiger partial charge >= 0.3 is 0 Å². The van der Waals surface area contributed by atoms with E-state index in [0.717, 1.165) is 12.1 Å². The van der Waals surface area contributed by atoms with Crippen LogP contribution in [-0.4, -0.2) is 27.8 Å². The van der Waals surface area contributed by atoms with E-state index >= 15 is 0 Å². The van der Waals surface area contributed by atoms with Gasteiger partial charge in [-0.2, -0.15) is 0 Å². The normalized spacial score (nSPS) is 10.9. The van der Waals surface area contributed by atoms with Gasteiger partial charge in [-0.25, -0.2) is 14.4 Å². The van der Waals surface area contributed by atoms with Crippen LogP contribution < -0.4 is 5.32 Å². The number of benzene rings is 2. The number of nitrogens with one attached hydrogen (secondary N) is 1. The Bertz CT molecular complexity index is 1020. The third kappa shape index (κ3) is 4.03. The minimum Gasteiger partial charge on any atom is -0.506 e. The molecule has 0 saturated heterocycles. The first-order valence-corrected chi connectivity index (χ1v) is 9.36. The highest BCUT2D eigenvalue weighted by Gasteiger charge is 2.22. The molecule has 1 heterocycles. The van der Waals surface area contributed by atoms with Gasteiger partial charge in [0.2, 0.25) is 0 Å². The zero-order chi connectivity index (χ0) is 20.3. The van der Waals surface area contributed by atoms with Gasteiger partial charge in [0, 0.05) is 11.1 Å². The second-order valence-corrected chi connectivity index (χ2v) is 6.76. The molecule has 144 valence electrons. The number of aromatic nitrogens is 2. The van der Waals surface area contributed by atoms with Crippen molar-refractivity contribution in [2.45, 2.75) is 19.8 Å². The average Bonchev–Trinajstić information content (AvgIpc) is 2.69. The molecule has 5 nitrogen and oxygen atoms in total. The van der Waals surface area contributed by atoms with Crippen LogP contribution in [0.15, 0.2) is 42.5 Å². The van der Waals surface area contributed by atoms with E-state index in [4.69, 9.17) is 17.0 Å². The zero-order valence-electron chi connectivity index (χ0n) is 15.6. The van der Waals surface area contributed by atoms with Crippen molar-refractivity contribution in [2.75, 3.05) is 7.05 Å². The fourth-order valence-corrected chi connectivity index (χ4v) is 3.12. The quantitative estimate of drug-likeness (QED) is 0.540. The first-order valence-electron chi connectivity index (χ1n) is 8.98. The van der Waals surface area contributed by atoms with Crippen molar-refractivity contribution < 1.29 is 14.8 Å². The summed E-state index contributed by atoms with van der Waals surface area (Å²) in [6, 6.07) is 10.8. The van der Waals surface area contributed by atoms with Gasteiger partial charge in [0.1, 0.15) is 23.0 Å². The summed E-state index contributed by atoms with van der Waals surface area (Å²) >= 11 is 6.10. The Hall–Kier alpha value is -2.83. The lowest BCUT2D eigenvalue weighted by atomic mass is 10.0. The minimum absolute atomic E-state index is 0.0146. The zero-order valence-corrected chi connectivity index (χ0v) is 16.4. The second-order valence-electron chi connectivity index (χ2n) is 6.35. The molecule has 0 aliphatic heterocycles. The molecule has 0 bridgehead atoms. The van der Waals surface area contributed by atoms with Crippen molar-refractivity contribution in [1.29, 1.82) is 5.41 Å². The molecule has 3 rings (SSSR count). The van der Waals surface area contributed by atoms with Crippen molar-refractivity contribution in [1.82, 2.24) is 9.97 Å². The van der Waals surface area contributed by atoms with Crippen LogP contribution in [0.25, 0.3) is 22.6 Å². The largest absolute Gasteiger partial charge is 0.506 e. The van der Waals surface area contributed by atoms with Crippen molar-refractivity contribution in [3.63, 3.8) is 0 Å². The summed E-state index contributed by atoms with van der Waals surface area (Å²) < 4.78 is 13.3. The van der Waals surface area contributed by atoms with E-state index in [1.165, 1.54) is 18.2 Å². The molecule has 0 aliphatic carbocycles. The van der Waals surface area contributed by atoms with Crippen LogP contribution in [0.3, 0.4) is 0 Å². The number of phenolic OH excluding ortho intramolecular Hbond substituents is 1. The van der Waals surface area contributed by atoms with E-state index < -0.39 is 0 Å². The Morgan fingerprint density at radius 1 is 1.14 bits per heavy atom. The van der Waals surface area contributed by atoms with E-state index in [1.807, 2.05) is 19.3 Å². The van der Waals surface area contributed by atoms with Crippen LogP contribution in [0, 0.1) is 11.2 Å². The maximum Gasteiger partial charge on any atom is 0.183 e. The van der Waals surface area contributed by atoms with Gasteiger partial charge in [-0.3, -0.25) is 0 Å². The van der Waals surface area contributed by atoms with Crippen molar-refractivity contribution >= 4 is 23.0 Å². The van der Waals surface area contributed by atoms with Gasteiger partial charge in [0.25, 0.3) is 0 Å². The molecule has 0 aliphatic rings. The number of rotatable bonds is 6. The van der Waals surface area contributed by atoms with Crippen LogP contribution in [0.2, 0.25) is 5.02 Å². The Morgan fingerprint density at radius 3 is 2.43 bits per heavy atom. The maximum atomic E-state index is 13.3. The van der Waals surface area contributed by atoms with Crippen LogP contribution in [0.1, 0.15) is 25.5 Å². The molecule has 0 saturated carbocycles. The molecule has 0 atom stereocenters. The van der Waals surface area contributed by atoms with Gasteiger partial charge in [-0.1, -0.05) is 24.9 Å². The minimum atomic E-state index is -0.341. The highest BCUT2D eigenvalue weighted by molar-refractivity contribution is 6.32. The summed E-state index contributed by atoms with van der Waals surface area (Å²) in [5, 5.41) is 20.3. The highest BCUT2D eigenvalue weighted by Crippen LogP contribution is 2.33. The van der Waals surface area contributed by atoms with Crippen molar-refractivity contribution in [3.05, 3.63) is 59.0 Å². The van der Waals surface area contributed by atoms with Gasteiger partial charge in [-0.05, 0) is 48.9 Å². The number of nitrogens with zero attached hydrogens (tertiary/aromatic N) is 2. The van der Waals surface area contributed by atoms with Gasteiger partial charge < -0.3 is 15.8 Å². The van der Waals surface area contributed by atoms with Crippen molar-refractivity contribution in [3.8, 4) is 28.4 Å². The van der Waals surface area contributed by atoms with E-state index in [2.05, 4.69) is 9.97 Å². The summed E-state index contributed by atoms with van der Waals surface area (Å²) in [4.78, 5) is 9.30. The van der Waals surface area contributed by atoms with Gasteiger partial charge in [-0.15, -0.1) is 0 Å². The molecule has 0 spiro atoms. The number of halogens is 2. The molecule has 3 aromatic rings. The summed E-state index contributed by atoms with van der Waals surface area (Å²) in [6.07, 6.45) is 1.40. The lowest BCUT2D eigenvalue weighted by Gasteiger charge is -2.13. The van der Waals surface area contributed by atoms with Gasteiger partial charge in [0.15, 0.2) is 11.5 Å². The van der Waals surface area contributed by atoms with Crippen molar-refractivity contribution in [2.24, 2.45) is 0 Å². The van der Waals surface area contributed by atoms with E-state index in [1.54, 1.807) is 24.3 Å². The Balaban J connectivity index is 2.27. The number of aromatic hydroxyl groups is 1. The monoisotopic (exact) mass is 399 g/mol. The third-order valence-electron chi connectivity index (χ3n) is 4.34. The predicted molar refractivity (Wildman–Crippen MR) is 109 cm³/mol. The van der Waals surface area contributed by atoms with Gasteiger partial charge in [0.05, 0.1) is 17.8 Å². The summed E-state index contributed by atoms with van der Waals surface area (Å²) in [5.41, 5.74) is 3.64. The van der Waals surface area contributed by atoms with E-state index in [-0.39, 0.29) is 16.6 Å². The molecule has 4 N–H and O–H groups in total. The van der Waals surface area contributed by atoms with Crippen LogP contribution in [0.5, 0.6) is 5.75 Å². The maximum absolute atomic E-state index is 13.3. The number of hydrogen-bond donors (Lipinski definition) is 3. The predicted octanol–water partition coefficient (Wildman–Crippen LogP) is 4.30. The molecule has 0 unspecified atom stereocenters.